The highest BCUT2D eigenvalue weighted by atomic mass is 16.4. The van der Waals surface area contributed by atoms with Crippen molar-refractivity contribution in [3.8, 4) is 11.5 Å². The molecule has 0 aromatic carbocycles. The Bertz CT molecular complexity index is 451. The van der Waals surface area contributed by atoms with Crippen LogP contribution in [0.1, 0.15) is 5.56 Å². The molecule has 0 saturated carbocycles. The summed E-state index contributed by atoms with van der Waals surface area (Å²) in [5.41, 5.74) is 0.508. The molecule has 2 rings (SSSR count). The molecule has 2 aromatic rings. The van der Waals surface area contributed by atoms with E-state index in [2.05, 4.69) is 0 Å². The third-order valence-corrected chi connectivity index (χ3v) is 1.68. The van der Waals surface area contributed by atoms with Crippen LogP contribution in [0.25, 0.3) is 11.5 Å². The molecule has 0 spiro atoms. The molecule has 3 heteroatoms. The zero-order valence-corrected chi connectivity index (χ0v) is 7.11. The summed E-state index contributed by atoms with van der Waals surface area (Å²) >= 11 is 0. The number of hydrogen-bond acceptors (Lipinski definition) is 3. The summed E-state index contributed by atoms with van der Waals surface area (Å²) in [7, 11) is 0. The summed E-state index contributed by atoms with van der Waals surface area (Å²) < 4.78 is 10.1. The van der Waals surface area contributed by atoms with Gasteiger partial charge in [-0.3, -0.25) is 0 Å². The van der Waals surface area contributed by atoms with Crippen molar-refractivity contribution >= 4 is 0 Å². The van der Waals surface area contributed by atoms with Gasteiger partial charge in [-0.2, -0.15) is 0 Å². The molecule has 13 heavy (non-hydrogen) atoms. The van der Waals surface area contributed by atoms with E-state index in [1.54, 1.807) is 18.2 Å². The first-order chi connectivity index (χ1) is 6.25. The first-order valence-electron chi connectivity index (χ1n) is 3.91. The van der Waals surface area contributed by atoms with Gasteiger partial charge in [-0.25, -0.2) is 4.79 Å². The Morgan fingerprint density at radius 2 is 2.08 bits per heavy atom. The highest BCUT2D eigenvalue weighted by molar-refractivity contribution is 5.49. The molecule has 3 nitrogen and oxygen atoms in total. The summed E-state index contributed by atoms with van der Waals surface area (Å²) in [5.74, 6) is 1.04. The lowest BCUT2D eigenvalue weighted by molar-refractivity contribution is 0.489. The van der Waals surface area contributed by atoms with Crippen molar-refractivity contribution in [2.45, 2.75) is 6.92 Å². The maximum absolute atomic E-state index is 11.0. The fourth-order valence-corrected chi connectivity index (χ4v) is 1.14. The zero-order valence-electron chi connectivity index (χ0n) is 7.11. The van der Waals surface area contributed by atoms with Gasteiger partial charge in [0.2, 0.25) is 0 Å². The molecule has 0 N–H and O–H groups in total. The summed E-state index contributed by atoms with van der Waals surface area (Å²) in [6.45, 7) is 1.84. The molecular weight excluding hydrogens is 168 g/mol. The van der Waals surface area contributed by atoms with Gasteiger partial charge in [0.1, 0.15) is 0 Å². The largest absolute Gasteiger partial charge is 0.461 e. The zero-order chi connectivity index (χ0) is 9.26. The second-order valence-corrected chi connectivity index (χ2v) is 2.80. The van der Waals surface area contributed by atoms with Crippen LogP contribution in [0.2, 0.25) is 0 Å². The topological polar surface area (TPSA) is 43.4 Å². The summed E-state index contributed by atoms with van der Waals surface area (Å²) in [6.07, 6.45) is 1.54. The van der Waals surface area contributed by atoms with Gasteiger partial charge in [0.05, 0.1) is 6.26 Å². The molecule has 0 amide bonds. The second kappa shape index (κ2) is 2.94. The van der Waals surface area contributed by atoms with Crippen molar-refractivity contribution in [3.05, 3.63) is 46.5 Å². The van der Waals surface area contributed by atoms with Gasteiger partial charge in [-0.1, -0.05) is 0 Å². The van der Waals surface area contributed by atoms with E-state index in [0.717, 1.165) is 5.56 Å². The smallest absolute Gasteiger partial charge is 0.336 e. The van der Waals surface area contributed by atoms with E-state index in [1.165, 1.54) is 12.3 Å². The molecule has 0 fully saturated rings. The van der Waals surface area contributed by atoms with E-state index in [0.29, 0.717) is 11.5 Å². The minimum absolute atomic E-state index is 0.355. The standard InChI is InChI=1S/C10H8O3/c1-7-5-9(13-10(11)6-7)8-3-2-4-12-8/h2-6H,1H3. The van der Waals surface area contributed by atoms with Gasteiger partial charge < -0.3 is 8.83 Å². The van der Waals surface area contributed by atoms with Gasteiger partial charge in [0, 0.05) is 6.07 Å². The van der Waals surface area contributed by atoms with Crippen molar-refractivity contribution in [1.29, 1.82) is 0 Å². The van der Waals surface area contributed by atoms with E-state index >= 15 is 0 Å². The van der Waals surface area contributed by atoms with Crippen LogP contribution in [0, 0.1) is 6.92 Å². The van der Waals surface area contributed by atoms with Crippen LogP contribution < -0.4 is 5.63 Å². The van der Waals surface area contributed by atoms with Crippen LogP contribution in [-0.2, 0) is 0 Å². The SMILES string of the molecule is Cc1cc(-c2ccco2)oc(=O)c1. The minimum Gasteiger partial charge on any atom is -0.461 e. The van der Waals surface area contributed by atoms with Crippen LogP contribution >= 0.6 is 0 Å². The molecule has 0 aliphatic rings. The monoisotopic (exact) mass is 176 g/mol. The van der Waals surface area contributed by atoms with Crippen molar-refractivity contribution in [3.63, 3.8) is 0 Å². The molecule has 0 bridgehead atoms. The lowest BCUT2D eigenvalue weighted by Crippen LogP contribution is -1.97. The van der Waals surface area contributed by atoms with Crippen LogP contribution in [0.3, 0.4) is 0 Å². The van der Waals surface area contributed by atoms with Gasteiger partial charge in [0.15, 0.2) is 11.5 Å². The fraction of sp³-hybridized carbons (Fsp3) is 0.100. The number of aryl methyl sites for hydroxylation is 1. The summed E-state index contributed by atoms with van der Waals surface area (Å²) in [6, 6.07) is 6.70. The second-order valence-electron chi connectivity index (χ2n) is 2.80. The Labute approximate surface area is 74.6 Å². The van der Waals surface area contributed by atoms with E-state index in [9.17, 15) is 4.79 Å². The number of hydrogen-bond donors (Lipinski definition) is 0. The van der Waals surface area contributed by atoms with E-state index in [1.807, 2.05) is 6.92 Å². The molecule has 2 heterocycles. The van der Waals surface area contributed by atoms with Crippen LogP contribution in [0.15, 0.2) is 44.2 Å². The molecule has 0 saturated heterocycles. The van der Waals surface area contributed by atoms with Crippen molar-refractivity contribution in [2.24, 2.45) is 0 Å². The number of furan rings is 1. The Hall–Kier alpha value is -1.77. The fourth-order valence-electron chi connectivity index (χ4n) is 1.14. The quantitative estimate of drug-likeness (QED) is 0.669. The normalized spacial score (nSPS) is 10.2. The van der Waals surface area contributed by atoms with Gasteiger partial charge in [-0.15, -0.1) is 0 Å². The molecule has 0 unspecified atom stereocenters. The first kappa shape index (κ1) is 7.86. The van der Waals surface area contributed by atoms with Gasteiger partial charge in [-0.05, 0) is 30.7 Å². The Morgan fingerprint density at radius 1 is 1.23 bits per heavy atom. The van der Waals surface area contributed by atoms with Crippen molar-refractivity contribution in [1.82, 2.24) is 0 Å². The minimum atomic E-state index is -0.355. The van der Waals surface area contributed by atoms with Crippen LogP contribution in [0.5, 0.6) is 0 Å². The van der Waals surface area contributed by atoms with Crippen molar-refractivity contribution in [2.75, 3.05) is 0 Å². The van der Waals surface area contributed by atoms with Crippen LogP contribution in [0.4, 0.5) is 0 Å². The predicted octanol–water partition coefficient (Wildman–Crippen LogP) is 2.21. The molecule has 0 aliphatic carbocycles. The maximum atomic E-state index is 11.0. The molecule has 0 atom stereocenters. The van der Waals surface area contributed by atoms with E-state index < -0.39 is 0 Å². The third kappa shape index (κ3) is 1.54. The lowest BCUT2D eigenvalue weighted by atomic mass is 10.2. The molecule has 66 valence electrons. The molecule has 0 aliphatic heterocycles. The Balaban J connectivity index is 2.59. The summed E-state index contributed by atoms with van der Waals surface area (Å²) in [5, 5.41) is 0. The molecule has 0 radical (unpaired) electrons. The molecule has 2 aromatic heterocycles. The predicted molar refractivity (Wildman–Crippen MR) is 47.4 cm³/mol. The van der Waals surface area contributed by atoms with Crippen molar-refractivity contribution < 1.29 is 8.83 Å². The van der Waals surface area contributed by atoms with Gasteiger partial charge in [0.25, 0.3) is 0 Å². The van der Waals surface area contributed by atoms with Gasteiger partial charge >= 0.3 is 5.63 Å². The third-order valence-electron chi connectivity index (χ3n) is 1.68. The average Bonchev–Trinajstić information content (AvgIpc) is 2.53. The highest BCUT2D eigenvalue weighted by Gasteiger charge is 2.04. The number of rotatable bonds is 1. The van der Waals surface area contributed by atoms with E-state index in [-0.39, 0.29) is 5.63 Å². The summed E-state index contributed by atoms with van der Waals surface area (Å²) in [4.78, 5) is 11.0. The van der Waals surface area contributed by atoms with E-state index in [4.69, 9.17) is 8.83 Å². The lowest BCUT2D eigenvalue weighted by Gasteiger charge is -1.95. The molecular formula is C10H8O3. The Morgan fingerprint density at radius 3 is 2.69 bits per heavy atom. The maximum Gasteiger partial charge on any atom is 0.336 e. The highest BCUT2D eigenvalue weighted by Crippen LogP contribution is 2.18. The van der Waals surface area contributed by atoms with Crippen LogP contribution in [-0.4, -0.2) is 0 Å². The average molecular weight is 176 g/mol. The first-order valence-corrected chi connectivity index (χ1v) is 3.91. The Kier molecular flexibility index (Phi) is 1.77.